The molecule has 1 aromatic rings. The van der Waals surface area contributed by atoms with Gasteiger partial charge in [-0.05, 0) is 43.0 Å². The summed E-state index contributed by atoms with van der Waals surface area (Å²) in [5.74, 6) is 1.49. The van der Waals surface area contributed by atoms with Crippen LogP contribution in [0.2, 0.25) is 0 Å². The molecule has 0 aromatic heterocycles. The number of methoxy groups -OCH3 is 2. The molecule has 0 saturated heterocycles. The SMILES string of the molecule is COc1cc(C)c(CN(C)C(=O)[C@H]2CCC[C@H]2N)cc1OC. The molecule has 2 N–H and O–H groups in total. The number of carbonyl (C=O) groups excluding carboxylic acids is 1. The van der Waals surface area contributed by atoms with Gasteiger partial charge in [0.25, 0.3) is 0 Å². The Labute approximate surface area is 132 Å². The van der Waals surface area contributed by atoms with Crippen molar-refractivity contribution < 1.29 is 14.3 Å². The van der Waals surface area contributed by atoms with Crippen LogP contribution in [-0.2, 0) is 11.3 Å². The Hall–Kier alpha value is -1.75. The lowest BCUT2D eigenvalue weighted by molar-refractivity contribution is -0.134. The highest BCUT2D eigenvalue weighted by atomic mass is 16.5. The molecule has 1 fully saturated rings. The summed E-state index contributed by atoms with van der Waals surface area (Å²) in [6.45, 7) is 2.56. The van der Waals surface area contributed by atoms with Gasteiger partial charge in [0.1, 0.15) is 0 Å². The molecule has 5 nitrogen and oxygen atoms in total. The summed E-state index contributed by atoms with van der Waals surface area (Å²) in [6, 6.07) is 3.88. The van der Waals surface area contributed by atoms with E-state index in [1.54, 1.807) is 19.1 Å². The third kappa shape index (κ3) is 3.35. The van der Waals surface area contributed by atoms with Crippen LogP contribution in [0.15, 0.2) is 12.1 Å². The van der Waals surface area contributed by atoms with Gasteiger partial charge in [0.15, 0.2) is 11.5 Å². The molecular formula is C17H26N2O3. The molecular weight excluding hydrogens is 280 g/mol. The average molecular weight is 306 g/mol. The fourth-order valence-corrected chi connectivity index (χ4v) is 3.10. The lowest BCUT2D eigenvalue weighted by Gasteiger charge is -2.24. The summed E-state index contributed by atoms with van der Waals surface area (Å²) in [7, 11) is 5.07. The molecule has 5 heteroatoms. The van der Waals surface area contributed by atoms with Gasteiger partial charge in [-0.1, -0.05) is 6.42 Å². The molecule has 1 aliphatic carbocycles. The number of rotatable bonds is 5. The van der Waals surface area contributed by atoms with Crippen LogP contribution in [0, 0.1) is 12.8 Å². The monoisotopic (exact) mass is 306 g/mol. The lowest BCUT2D eigenvalue weighted by atomic mass is 10.0. The molecule has 0 unspecified atom stereocenters. The molecule has 22 heavy (non-hydrogen) atoms. The Bertz CT molecular complexity index is 545. The Kier molecular flexibility index (Phi) is 5.29. The minimum Gasteiger partial charge on any atom is -0.493 e. The van der Waals surface area contributed by atoms with Crippen molar-refractivity contribution in [3.05, 3.63) is 23.3 Å². The van der Waals surface area contributed by atoms with Crippen LogP contribution < -0.4 is 15.2 Å². The summed E-state index contributed by atoms with van der Waals surface area (Å²) in [5.41, 5.74) is 8.17. The van der Waals surface area contributed by atoms with Gasteiger partial charge in [-0.15, -0.1) is 0 Å². The van der Waals surface area contributed by atoms with E-state index in [0.29, 0.717) is 18.0 Å². The summed E-state index contributed by atoms with van der Waals surface area (Å²) in [4.78, 5) is 14.3. The van der Waals surface area contributed by atoms with E-state index in [9.17, 15) is 4.79 Å². The van der Waals surface area contributed by atoms with Crippen molar-refractivity contribution in [2.24, 2.45) is 11.7 Å². The van der Waals surface area contributed by atoms with E-state index >= 15 is 0 Å². The summed E-state index contributed by atoms with van der Waals surface area (Å²) in [6.07, 6.45) is 2.88. The second kappa shape index (κ2) is 7.01. The van der Waals surface area contributed by atoms with Crippen molar-refractivity contribution in [2.75, 3.05) is 21.3 Å². The van der Waals surface area contributed by atoms with Crippen LogP contribution >= 0.6 is 0 Å². The van der Waals surface area contributed by atoms with E-state index in [1.165, 1.54) is 0 Å². The van der Waals surface area contributed by atoms with E-state index < -0.39 is 0 Å². The molecule has 0 radical (unpaired) electrons. The number of benzene rings is 1. The molecule has 1 aliphatic rings. The van der Waals surface area contributed by atoms with Gasteiger partial charge in [-0.2, -0.15) is 0 Å². The van der Waals surface area contributed by atoms with E-state index in [1.807, 2.05) is 26.1 Å². The second-order valence-corrected chi connectivity index (χ2v) is 6.03. The van der Waals surface area contributed by atoms with E-state index in [-0.39, 0.29) is 17.9 Å². The maximum absolute atomic E-state index is 12.5. The molecule has 0 spiro atoms. The van der Waals surface area contributed by atoms with Crippen molar-refractivity contribution in [1.82, 2.24) is 4.90 Å². The Morgan fingerprint density at radius 3 is 2.45 bits per heavy atom. The quantitative estimate of drug-likeness (QED) is 0.905. The number of hydrogen-bond donors (Lipinski definition) is 1. The first-order valence-corrected chi connectivity index (χ1v) is 7.70. The third-order valence-corrected chi connectivity index (χ3v) is 4.51. The molecule has 1 saturated carbocycles. The largest absolute Gasteiger partial charge is 0.493 e. The molecule has 122 valence electrons. The predicted octanol–water partition coefficient (Wildman–Crippen LogP) is 2.10. The lowest BCUT2D eigenvalue weighted by Crippen LogP contribution is -2.39. The van der Waals surface area contributed by atoms with Crippen molar-refractivity contribution in [2.45, 2.75) is 38.8 Å². The van der Waals surface area contributed by atoms with Crippen LogP contribution in [0.1, 0.15) is 30.4 Å². The normalized spacial score (nSPS) is 20.8. The summed E-state index contributed by atoms with van der Waals surface area (Å²) < 4.78 is 10.6. The predicted molar refractivity (Wildman–Crippen MR) is 86.1 cm³/mol. The van der Waals surface area contributed by atoms with Crippen LogP contribution in [0.3, 0.4) is 0 Å². The van der Waals surface area contributed by atoms with Crippen molar-refractivity contribution >= 4 is 5.91 Å². The van der Waals surface area contributed by atoms with Crippen molar-refractivity contribution in [1.29, 1.82) is 0 Å². The standard InChI is InChI=1S/C17H26N2O3/c1-11-8-15(21-3)16(22-4)9-12(11)10-19(2)17(20)13-6-5-7-14(13)18/h8-9,13-14H,5-7,10,18H2,1-4H3/t13-,14+/m0/s1. The number of amides is 1. The van der Waals surface area contributed by atoms with Crippen molar-refractivity contribution in [3.8, 4) is 11.5 Å². The van der Waals surface area contributed by atoms with E-state index in [4.69, 9.17) is 15.2 Å². The Balaban J connectivity index is 2.14. The maximum Gasteiger partial charge on any atom is 0.227 e. The van der Waals surface area contributed by atoms with Crippen LogP contribution in [0.4, 0.5) is 0 Å². The summed E-state index contributed by atoms with van der Waals surface area (Å²) >= 11 is 0. The first-order chi connectivity index (χ1) is 10.5. The fraction of sp³-hybridized carbons (Fsp3) is 0.588. The molecule has 0 heterocycles. The molecule has 2 rings (SSSR count). The molecule has 2 atom stereocenters. The third-order valence-electron chi connectivity index (χ3n) is 4.51. The van der Waals surface area contributed by atoms with Gasteiger partial charge in [-0.25, -0.2) is 0 Å². The van der Waals surface area contributed by atoms with Gasteiger partial charge in [0.2, 0.25) is 5.91 Å². The number of ether oxygens (including phenoxy) is 2. The van der Waals surface area contributed by atoms with Gasteiger partial charge in [0.05, 0.1) is 20.1 Å². The van der Waals surface area contributed by atoms with E-state index in [0.717, 1.165) is 30.4 Å². The first-order valence-electron chi connectivity index (χ1n) is 7.70. The highest BCUT2D eigenvalue weighted by Crippen LogP contribution is 2.31. The number of nitrogens with two attached hydrogens (primary N) is 1. The van der Waals surface area contributed by atoms with Gasteiger partial charge in [-0.3, -0.25) is 4.79 Å². The maximum atomic E-state index is 12.5. The highest BCUT2D eigenvalue weighted by molar-refractivity contribution is 5.79. The number of aryl methyl sites for hydroxylation is 1. The van der Waals surface area contributed by atoms with Gasteiger partial charge in [0, 0.05) is 19.6 Å². The topological polar surface area (TPSA) is 64.8 Å². The zero-order valence-electron chi connectivity index (χ0n) is 13.9. The van der Waals surface area contributed by atoms with Gasteiger partial charge < -0.3 is 20.1 Å². The Morgan fingerprint density at radius 2 is 1.91 bits per heavy atom. The Morgan fingerprint density at radius 1 is 1.27 bits per heavy atom. The van der Waals surface area contributed by atoms with E-state index in [2.05, 4.69) is 0 Å². The highest BCUT2D eigenvalue weighted by Gasteiger charge is 2.32. The molecule has 1 amide bonds. The first kappa shape index (κ1) is 16.6. The minimum absolute atomic E-state index is 0.00134. The summed E-state index contributed by atoms with van der Waals surface area (Å²) in [5, 5.41) is 0. The van der Waals surface area contributed by atoms with Crippen molar-refractivity contribution in [3.63, 3.8) is 0 Å². The zero-order valence-corrected chi connectivity index (χ0v) is 13.9. The smallest absolute Gasteiger partial charge is 0.227 e. The number of nitrogens with zero attached hydrogens (tertiary/aromatic N) is 1. The van der Waals surface area contributed by atoms with Crippen LogP contribution in [-0.4, -0.2) is 38.1 Å². The molecule has 0 aliphatic heterocycles. The number of carbonyl (C=O) groups is 1. The van der Waals surface area contributed by atoms with Gasteiger partial charge >= 0.3 is 0 Å². The van der Waals surface area contributed by atoms with Crippen LogP contribution in [0.5, 0.6) is 11.5 Å². The average Bonchev–Trinajstić information content (AvgIpc) is 2.93. The minimum atomic E-state index is -0.0366. The molecule has 0 bridgehead atoms. The molecule has 1 aromatic carbocycles. The van der Waals surface area contributed by atoms with Crippen LogP contribution in [0.25, 0.3) is 0 Å². The number of hydrogen-bond acceptors (Lipinski definition) is 4. The second-order valence-electron chi connectivity index (χ2n) is 6.03. The zero-order chi connectivity index (χ0) is 16.3. The fourth-order valence-electron chi connectivity index (χ4n) is 3.10.